The highest BCUT2D eigenvalue weighted by atomic mass is 16.5. The van der Waals surface area contributed by atoms with E-state index in [1.165, 1.54) is 6.08 Å². The van der Waals surface area contributed by atoms with Crippen molar-refractivity contribution in [1.82, 2.24) is 0 Å². The van der Waals surface area contributed by atoms with Crippen molar-refractivity contribution >= 4 is 5.97 Å². The van der Waals surface area contributed by atoms with E-state index in [2.05, 4.69) is 0 Å². The SMILES string of the molecule is O=C1C=CC2=C[C@@H](O)C[C@H]2O1. The molecule has 3 nitrogen and oxygen atoms in total. The first-order chi connectivity index (χ1) is 5.25. The fourth-order valence-electron chi connectivity index (χ4n) is 1.38. The Morgan fingerprint density at radius 2 is 2.36 bits per heavy atom. The van der Waals surface area contributed by atoms with E-state index >= 15 is 0 Å². The number of aliphatic hydroxyl groups is 1. The number of hydrogen-bond donors (Lipinski definition) is 1. The van der Waals surface area contributed by atoms with Gasteiger partial charge in [0.2, 0.25) is 0 Å². The summed E-state index contributed by atoms with van der Waals surface area (Å²) in [5.41, 5.74) is 0.914. The summed E-state index contributed by atoms with van der Waals surface area (Å²) in [6, 6.07) is 0. The predicted molar refractivity (Wildman–Crippen MR) is 37.7 cm³/mol. The molecule has 0 saturated carbocycles. The molecule has 3 heteroatoms. The molecule has 1 aliphatic heterocycles. The lowest BCUT2D eigenvalue weighted by molar-refractivity contribution is -0.142. The summed E-state index contributed by atoms with van der Waals surface area (Å²) in [4.78, 5) is 10.7. The molecular weight excluding hydrogens is 144 g/mol. The second-order valence-electron chi connectivity index (χ2n) is 2.73. The Hall–Kier alpha value is -1.09. The standard InChI is InChI=1S/C8H8O3/c9-6-3-5-1-2-8(10)11-7(5)4-6/h1-3,6-7,9H,4H2/t6-,7-/m1/s1. The Morgan fingerprint density at radius 3 is 3.18 bits per heavy atom. The summed E-state index contributed by atoms with van der Waals surface area (Å²) in [6.07, 6.45) is 4.64. The van der Waals surface area contributed by atoms with Crippen LogP contribution in [0.4, 0.5) is 0 Å². The minimum Gasteiger partial charge on any atom is -0.454 e. The van der Waals surface area contributed by atoms with Crippen molar-refractivity contribution in [2.75, 3.05) is 0 Å². The molecule has 2 aliphatic rings. The number of carbonyl (C=O) groups excluding carboxylic acids is 1. The van der Waals surface area contributed by atoms with Crippen molar-refractivity contribution in [2.45, 2.75) is 18.6 Å². The quantitative estimate of drug-likeness (QED) is 0.503. The van der Waals surface area contributed by atoms with Crippen molar-refractivity contribution in [1.29, 1.82) is 0 Å². The Balaban J connectivity index is 2.26. The Kier molecular flexibility index (Phi) is 1.32. The lowest BCUT2D eigenvalue weighted by Gasteiger charge is -2.16. The number of ether oxygens (including phenoxy) is 1. The van der Waals surface area contributed by atoms with Crippen LogP contribution in [0.2, 0.25) is 0 Å². The van der Waals surface area contributed by atoms with Gasteiger partial charge in [-0.15, -0.1) is 0 Å². The van der Waals surface area contributed by atoms with Gasteiger partial charge < -0.3 is 9.84 Å². The second kappa shape index (κ2) is 2.20. The third kappa shape index (κ3) is 1.07. The van der Waals surface area contributed by atoms with Gasteiger partial charge in [0.15, 0.2) is 0 Å². The van der Waals surface area contributed by atoms with Gasteiger partial charge in [0, 0.05) is 12.5 Å². The average Bonchev–Trinajstić information content (AvgIpc) is 2.27. The van der Waals surface area contributed by atoms with Crippen LogP contribution in [0.3, 0.4) is 0 Å². The van der Waals surface area contributed by atoms with Gasteiger partial charge >= 0.3 is 5.97 Å². The van der Waals surface area contributed by atoms with E-state index in [1.54, 1.807) is 12.2 Å². The molecule has 2 rings (SSSR count). The Labute approximate surface area is 64.0 Å². The molecule has 0 aromatic carbocycles. The van der Waals surface area contributed by atoms with Crippen molar-refractivity contribution < 1.29 is 14.6 Å². The van der Waals surface area contributed by atoms with Crippen LogP contribution < -0.4 is 0 Å². The van der Waals surface area contributed by atoms with Gasteiger partial charge in [-0.25, -0.2) is 4.79 Å². The molecule has 0 bridgehead atoms. The summed E-state index contributed by atoms with van der Waals surface area (Å²) < 4.78 is 4.93. The molecule has 0 aromatic heterocycles. The Morgan fingerprint density at radius 1 is 1.55 bits per heavy atom. The molecule has 0 unspecified atom stereocenters. The molecule has 0 spiro atoms. The first-order valence-corrected chi connectivity index (χ1v) is 3.54. The minimum absolute atomic E-state index is 0.206. The average molecular weight is 152 g/mol. The fraction of sp³-hybridized carbons (Fsp3) is 0.375. The van der Waals surface area contributed by atoms with Gasteiger partial charge in [0.25, 0.3) is 0 Å². The first kappa shape index (κ1) is 6.61. The van der Waals surface area contributed by atoms with Gasteiger partial charge in [-0.05, 0) is 17.7 Å². The maximum absolute atomic E-state index is 10.7. The summed E-state index contributed by atoms with van der Waals surface area (Å²) >= 11 is 0. The van der Waals surface area contributed by atoms with Gasteiger partial charge in [-0.3, -0.25) is 0 Å². The molecule has 11 heavy (non-hydrogen) atoms. The van der Waals surface area contributed by atoms with Crippen molar-refractivity contribution in [3.05, 3.63) is 23.8 Å². The van der Waals surface area contributed by atoms with Gasteiger partial charge in [-0.1, -0.05) is 0 Å². The van der Waals surface area contributed by atoms with Crippen molar-refractivity contribution in [2.24, 2.45) is 0 Å². The first-order valence-electron chi connectivity index (χ1n) is 3.54. The third-order valence-corrected chi connectivity index (χ3v) is 1.88. The van der Waals surface area contributed by atoms with Crippen LogP contribution in [-0.4, -0.2) is 23.3 Å². The van der Waals surface area contributed by atoms with Crippen LogP contribution in [-0.2, 0) is 9.53 Å². The summed E-state index contributed by atoms with van der Waals surface area (Å²) in [7, 11) is 0. The van der Waals surface area contributed by atoms with E-state index in [4.69, 9.17) is 9.84 Å². The van der Waals surface area contributed by atoms with Gasteiger partial charge in [0.1, 0.15) is 6.10 Å². The summed E-state index contributed by atoms with van der Waals surface area (Å²) in [6.45, 7) is 0. The molecule has 1 heterocycles. The largest absolute Gasteiger partial charge is 0.454 e. The number of esters is 1. The highest BCUT2D eigenvalue weighted by molar-refractivity contribution is 5.84. The van der Waals surface area contributed by atoms with E-state index in [9.17, 15) is 4.79 Å². The lowest BCUT2D eigenvalue weighted by atomic mass is 10.1. The van der Waals surface area contributed by atoms with Crippen LogP contribution in [0.1, 0.15) is 6.42 Å². The van der Waals surface area contributed by atoms with Gasteiger partial charge in [0.05, 0.1) is 6.10 Å². The number of carbonyl (C=O) groups is 1. The van der Waals surface area contributed by atoms with E-state index < -0.39 is 6.10 Å². The highest BCUT2D eigenvalue weighted by Gasteiger charge is 2.28. The number of rotatable bonds is 0. The fourth-order valence-corrected chi connectivity index (χ4v) is 1.38. The molecule has 0 radical (unpaired) electrons. The maximum Gasteiger partial charge on any atom is 0.331 e. The topological polar surface area (TPSA) is 46.5 Å². The highest BCUT2D eigenvalue weighted by Crippen LogP contribution is 2.26. The maximum atomic E-state index is 10.7. The monoisotopic (exact) mass is 152 g/mol. The molecule has 2 atom stereocenters. The zero-order valence-corrected chi connectivity index (χ0v) is 5.86. The second-order valence-corrected chi connectivity index (χ2v) is 2.73. The number of hydrogen-bond acceptors (Lipinski definition) is 3. The van der Waals surface area contributed by atoms with E-state index in [-0.39, 0.29) is 12.1 Å². The molecule has 1 N–H and O–H groups in total. The van der Waals surface area contributed by atoms with E-state index in [0.717, 1.165) is 5.57 Å². The zero-order chi connectivity index (χ0) is 7.84. The van der Waals surface area contributed by atoms with Gasteiger partial charge in [-0.2, -0.15) is 0 Å². The molecule has 0 fully saturated rings. The third-order valence-electron chi connectivity index (χ3n) is 1.88. The molecule has 0 saturated heterocycles. The van der Waals surface area contributed by atoms with Crippen LogP contribution in [0, 0.1) is 0 Å². The van der Waals surface area contributed by atoms with Crippen LogP contribution >= 0.6 is 0 Å². The van der Waals surface area contributed by atoms with E-state index in [0.29, 0.717) is 6.42 Å². The molecule has 58 valence electrons. The predicted octanol–water partition coefficient (Wildman–Crippen LogP) is 0.159. The van der Waals surface area contributed by atoms with Crippen molar-refractivity contribution in [3.8, 4) is 0 Å². The summed E-state index contributed by atoms with van der Waals surface area (Å²) in [5.74, 6) is -0.318. The van der Waals surface area contributed by atoms with E-state index in [1.807, 2.05) is 0 Å². The lowest BCUT2D eigenvalue weighted by Crippen LogP contribution is -2.20. The number of fused-ring (bicyclic) bond motifs is 1. The van der Waals surface area contributed by atoms with Crippen LogP contribution in [0.15, 0.2) is 23.8 Å². The molecule has 1 aliphatic carbocycles. The minimum atomic E-state index is -0.453. The molecular formula is C8H8O3. The smallest absolute Gasteiger partial charge is 0.331 e. The van der Waals surface area contributed by atoms with Crippen molar-refractivity contribution in [3.63, 3.8) is 0 Å². The summed E-state index contributed by atoms with van der Waals surface area (Å²) in [5, 5.41) is 9.14. The molecule has 0 amide bonds. The van der Waals surface area contributed by atoms with Crippen LogP contribution in [0.25, 0.3) is 0 Å². The Bertz CT molecular complexity index is 252. The zero-order valence-electron chi connectivity index (χ0n) is 5.86. The number of aliphatic hydroxyl groups excluding tert-OH is 1. The normalized spacial score (nSPS) is 34.6. The van der Waals surface area contributed by atoms with Crippen LogP contribution in [0.5, 0.6) is 0 Å². The molecule has 0 aromatic rings.